The van der Waals surface area contributed by atoms with Crippen molar-refractivity contribution in [2.24, 2.45) is 5.41 Å². The van der Waals surface area contributed by atoms with E-state index in [-0.39, 0.29) is 12.0 Å². The molecule has 0 amide bonds. The molecule has 1 aliphatic heterocycles. The second-order valence-corrected chi connectivity index (χ2v) is 5.73. The standard InChI is InChI=1S/C14H26N2O2/c1-14(2,12-15)6-3-7-16-8-4-13(5-9-16)18-11-10-17/h13,17H,3-11H2,1-2H3. The molecule has 1 rings (SSSR count). The van der Waals surface area contributed by atoms with Crippen molar-refractivity contribution in [1.29, 1.82) is 5.26 Å². The number of aliphatic hydroxyl groups excluding tert-OH is 1. The highest BCUT2D eigenvalue weighted by Gasteiger charge is 2.21. The third-order valence-corrected chi connectivity index (χ3v) is 3.56. The molecule has 0 saturated carbocycles. The number of nitrogens with zero attached hydrogens (tertiary/aromatic N) is 2. The van der Waals surface area contributed by atoms with Crippen LogP contribution in [-0.4, -0.2) is 49.0 Å². The van der Waals surface area contributed by atoms with Crippen molar-refractivity contribution >= 4 is 0 Å². The molecule has 0 aromatic rings. The van der Waals surface area contributed by atoms with Crippen LogP contribution in [-0.2, 0) is 4.74 Å². The molecule has 0 aromatic carbocycles. The first kappa shape index (κ1) is 15.4. The molecule has 0 aromatic heterocycles. The largest absolute Gasteiger partial charge is 0.394 e. The molecule has 0 aliphatic carbocycles. The first-order valence-corrected chi connectivity index (χ1v) is 6.93. The van der Waals surface area contributed by atoms with Gasteiger partial charge >= 0.3 is 0 Å². The average Bonchev–Trinajstić information content (AvgIpc) is 2.38. The minimum Gasteiger partial charge on any atom is -0.394 e. The highest BCUT2D eigenvalue weighted by atomic mass is 16.5. The minimum atomic E-state index is -0.192. The van der Waals surface area contributed by atoms with E-state index < -0.39 is 0 Å². The van der Waals surface area contributed by atoms with Gasteiger partial charge in [-0.1, -0.05) is 0 Å². The summed E-state index contributed by atoms with van der Waals surface area (Å²) in [5, 5.41) is 17.7. The number of aliphatic hydroxyl groups is 1. The Morgan fingerprint density at radius 3 is 2.61 bits per heavy atom. The number of piperidine rings is 1. The molecule has 104 valence electrons. The highest BCUT2D eigenvalue weighted by Crippen LogP contribution is 2.21. The van der Waals surface area contributed by atoms with E-state index in [0.29, 0.717) is 12.7 Å². The summed E-state index contributed by atoms with van der Waals surface area (Å²) in [5.74, 6) is 0. The van der Waals surface area contributed by atoms with Gasteiger partial charge in [-0.3, -0.25) is 0 Å². The van der Waals surface area contributed by atoms with Gasteiger partial charge in [0.2, 0.25) is 0 Å². The Hall–Kier alpha value is -0.630. The fraction of sp³-hybridized carbons (Fsp3) is 0.929. The SMILES string of the molecule is CC(C)(C#N)CCCN1CCC(OCCO)CC1. The van der Waals surface area contributed by atoms with Crippen molar-refractivity contribution in [1.82, 2.24) is 4.90 Å². The molecule has 0 atom stereocenters. The fourth-order valence-electron chi connectivity index (χ4n) is 2.32. The summed E-state index contributed by atoms with van der Waals surface area (Å²) in [6.07, 6.45) is 4.49. The zero-order valence-corrected chi connectivity index (χ0v) is 11.7. The summed E-state index contributed by atoms with van der Waals surface area (Å²) in [7, 11) is 0. The molecule has 1 aliphatic rings. The van der Waals surface area contributed by atoms with E-state index in [1.54, 1.807) is 0 Å². The Bertz CT molecular complexity index is 265. The maximum absolute atomic E-state index is 8.95. The Balaban J connectivity index is 2.11. The molecule has 0 unspecified atom stereocenters. The van der Waals surface area contributed by atoms with Gasteiger partial charge in [0.05, 0.1) is 30.8 Å². The Morgan fingerprint density at radius 2 is 2.06 bits per heavy atom. The van der Waals surface area contributed by atoms with E-state index in [9.17, 15) is 0 Å². The Labute approximate surface area is 111 Å². The van der Waals surface area contributed by atoms with E-state index >= 15 is 0 Å². The highest BCUT2D eigenvalue weighted by molar-refractivity contribution is 4.91. The second-order valence-electron chi connectivity index (χ2n) is 5.73. The maximum Gasteiger partial charge on any atom is 0.0701 e. The summed E-state index contributed by atoms with van der Waals surface area (Å²) in [6, 6.07) is 2.35. The number of likely N-dealkylation sites (tertiary alicyclic amines) is 1. The maximum atomic E-state index is 8.95. The van der Waals surface area contributed by atoms with Crippen LogP contribution in [0.15, 0.2) is 0 Å². The van der Waals surface area contributed by atoms with Crippen LogP contribution in [0.25, 0.3) is 0 Å². The van der Waals surface area contributed by atoms with Crippen LogP contribution in [0.3, 0.4) is 0 Å². The summed E-state index contributed by atoms with van der Waals surface area (Å²) in [5.41, 5.74) is -0.192. The minimum absolute atomic E-state index is 0.115. The van der Waals surface area contributed by atoms with Crippen molar-refractivity contribution in [3.05, 3.63) is 0 Å². The number of nitriles is 1. The smallest absolute Gasteiger partial charge is 0.0701 e. The molecule has 1 heterocycles. The summed E-state index contributed by atoms with van der Waals surface area (Å²) < 4.78 is 5.54. The molecule has 0 bridgehead atoms. The third kappa shape index (κ3) is 5.81. The van der Waals surface area contributed by atoms with Gasteiger partial charge in [-0.15, -0.1) is 0 Å². The summed E-state index contributed by atoms with van der Waals surface area (Å²) in [4.78, 5) is 2.45. The van der Waals surface area contributed by atoms with Gasteiger partial charge in [0.15, 0.2) is 0 Å². The van der Waals surface area contributed by atoms with E-state index in [1.165, 1.54) is 0 Å². The predicted molar refractivity (Wildman–Crippen MR) is 71.1 cm³/mol. The molecular formula is C14H26N2O2. The molecule has 1 saturated heterocycles. The van der Waals surface area contributed by atoms with Crippen molar-refractivity contribution in [2.45, 2.75) is 45.6 Å². The van der Waals surface area contributed by atoms with Gasteiger partial charge < -0.3 is 14.7 Å². The van der Waals surface area contributed by atoms with Gasteiger partial charge in [0.1, 0.15) is 0 Å². The average molecular weight is 254 g/mol. The van der Waals surface area contributed by atoms with Crippen LogP contribution >= 0.6 is 0 Å². The molecule has 0 spiro atoms. The molecule has 18 heavy (non-hydrogen) atoms. The zero-order valence-electron chi connectivity index (χ0n) is 11.7. The fourth-order valence-corrected chi connectivity index (χ4v) is 2.32. The van der Waals surface area contributed by atoms with Crippen LogP contribution < -0.4 is 0 Å². The quantitative estimate of drug-likeness (QED) is 0.752. The topological polar surface area (TPSA) is 56.5 Å². The van der Waals surface area contributed by atoms with Gasteiger partial charge in [-0.25, -0.2) is 0 Å². The molecule has 1 N–H and O–H groups in total. The van der Waals surface area contributed by atoms with Crippen molar-refractivity contribution in [2.75, 3.05) is 32.8 Å². The van der Waals surface area contributed by atoms with Crippen molar-refractivity contribution in [3.8, 4) is 6.07 Å². The van der Waals surface area contributed by atoms with E-state index in [1.807, 2.05) is 13.8 Å². The van der Waals surface area contributed by atoms with Gasteiger partial charge in [-0.2, -0.15) is 5.26 Å². The molecular weight excluding hydrogens is 228 g/mol. The number of hydrogen-bond acceptors (Lipinski definition) is 4. The van der Waals surface area contributed by atoms with E-state index in [0.717, 1.165) is 45.3 Å². The predicted octanol–water partition coefficient (Wildman–Crippen LogP) is 1.79. The van der Waals surface area contributed by atoms with Gasteiger partial charge in [-0.05, 0) is 46.1 Å². The second kappa shape index (κ2) is 7.73. The lowest BCUT2D eigenvalue weighted by Crippen LogP contribution is -2.38. The summed E-state index contributed by atoms with van der Waals surface area (Å²) >= 11 is 0. The first-order chi connectivity index (χ1) is 8.57. The van der Waals surface area contributed by atoms with E-state index in [2.05, 4.69) is 11.0 Å². The molecule has 1 fully saturated rings. The lowest BCUT2D eigenvalue weighted by molar-refractivity contribution is -0.00807. The number of rotatable bonds is 7. The van der Waals surface area contributed by atoms with Crippen LogP contribution in [0.4, 0.5) is 0 Å². The van der Waals surface area contributed by atoms with Crippen molar-refractivity contribution in [3.63, 3.8) is 0 Å². The van der Waals surface area contributed by atoms with Gasteiger partial charge in [0, 0.05) is 13.1 Å². The number of ether oxygens (including phenoxy) is 1. The Kier molecular flexibility index (Phi) is 6.62. The first-order valence-electron chi connectivity index (χ1n) is 6.93. The van der Waals surface area contributed by atoms with Crippen LogP contribution in [0.2, 0.25) is 0 Å². The van der Waals surface area contributed by atoms with E-state index in [4.69, 9.17) is 15.1 Å². The lowest BCUT2D eigenvalue weighted by Gasteiger charge is -2.32. The van der Waals surface area contributed by atoms with Crippen LogP contribution in [0.1, 0.15) is 39.5 Å². The van der Waals surface area contributed by atoms with Crippen molar-refractivity contribution < 1.29 is 9.84 Å². The Morgan fingerprint density at radius 1 is 1.39 bits per heavy atom. The lowest BCUT2D eigenvalue weighted by atomic mass is 9.89. The molecule has 4 heteroatoms. The van der Waals surface area contributed by atoms with Crippen LogP contribution in [0.5, 0.6) is 0 Å². The van der Waals surface area contributed by atoms with Crippen LogP contribution in [0, 0.1) is 16.7 Å². The monoisotopic (exact) mass is 254 g/mol. The molecule has 0 radical (unpaired) electrons. The number of hydrogen-bond donors (Lipinski definition) is 1. The molecule has 4 nitrogen and oxygen atoms in total. The third-order valence-electron chi connectivity index (χ3n) is 3.56. The zero-order chi connectivity index (χ0) is 13.4. The van der Waals surface area contributed by atoms with Gasteiger partial charge in [0.25, 0.3) is 0 Å². The normalized spacial score (nSPS) is 18.8. The summed E-state index contributed by atoms with van der Waals surface area (Å²) in [6.45, 7) is 7.80.